The van der Waals surface area contributed by atoms with Gasteiger partial charge in [-0.15, -0.1) is 0 Å². The van der Waals surface area contributed by atoms with Gasteiger partial charge in [0.2, 0.25) is 0 Å². The van der Waals surface area contributed by atoms with Gasteiger partial charge in [-0.3, -0.25) is 9.20 Å². The molecule has 6 nitrogen and oxygen atoms in total. The second-order valence-electron chi connectivity index (χ2n) is 4.03. The lowest BCUT2D eigenvalue weighted by Crippen LogP contribution is -2.29. The zero-order valence-corrected chi connectivity index (χ0v) is 11.4. The van der Waals surface area contributed by atoms with E-state index >= 15 is 0 Å². The second-order valence-corrected chi connectivity index (χ2v) is 4.39. The molecule has 0 aromatic carbocycles. The van der Waals surface area contributed by atoms with Crippen LogP contribution in [-0.2, 0) is 14.3 Å². The van der Waals surface area contributed by atoms with Gasteiger partial charge in [0.05, 0.1) is 5.69 Å². The number of primary amides is 1. The highest BCUT2D eigenvalue weighted by Crippen LogP contribution is 2.18. The third-order valence-corrected chi connectivity index (χ3v) is 2.87. The first-order valence-electron chi connectivity index (χ1n) is 5.79. The number of nitrogens with two attached hydrogens (primary N) is 1. The van der Waals surface area contributed by atoms with Gasteiger partial charge >= 0.3 is 5.97 Å². The highest BCUT2D eigenvalue weighted by atomic mass is 35.5. The van der Waals surface area contributed by atoms with Crippen LogP contribution >= 0.6 is 11.6 Å². The Morgan fingerprint density at radius 2 is 2.25 bits per heavy atom. The first kappa shape index (κ1) is 14.1. The van der Waals surface area contributed by atoms with E-state index in [1.807, 2.05) is 12.1 Å². The Morgan fingerprint density at radius 3 is 2.95 bits per heavy atom. The van der Waals surface area contributed by atoms with Crippen molar-refractivity contribution < 1.29 is 14.3 Å². The molecule has 0 aliphatic rings. The van der Waals surface area contributed by atoms with E-state index in [-0.39, 0.29) is 5.15 Å². The van der Waals surface area contributed by atoms with Crippen molar-refractivity contribution >= 4 is 35.2 Å². The fourth-order valence-electron chi connectivity index (χ4n) is 1.55. The van der Waals surface area contributed by atoms with Crippen molar-refractivity contribution in [2.45, 2.75) is 13.0 Å². The molecule has 0 saturated heterocycles. The predicted molar refractivity (Wildman–Crippen MR) is 74.0 cm³/mol. The van der Waals surface area contributed by atoms with Crippen LogP contribution in [0.5, 0.6) is 0 Å². The van der Waals surface area contributed by atoms with Crippen LogP contribution in [0, 0.1) is 0 Å². The number of imidazole rings is 1. The zero-order valence-electron chi connectivity index (χ0n) is 10.6. The summed E-state index contributed by atoms with van der Waals surface area (Å²) in [6, 6.07) is 5.43. The number of rotatable bonds is 4. The molecule has 2 N–H and O–H groups in total. The number of carbonyl (C=O) groups is 2. The van der Waals surface area contributed by atoms with Gasteiger partial charge in [0, 0.05) is 12.3 Å². The zero-order chi connectivity index (χ0) is 14.7. The van der Waals surface area contributed by atoms with E-state index in [1.165, 1.54) is 19.1 Å². The van der Waals surface area contributed by atoms with Crippen molar-refractivity contribution in [3.05, 3.63) is 41.3 Å². The minimum absolute atomic E-state index is 0.267. The first-order valence-corrected chi connectivity index (χ1v) is 6.17. The van der Waals surface area contributed by atoms with E-state index in [0.717, 1.165) is 0 Å². The minimum atomic E-state index is -0.982. The van der Waals surface area contributed by atoms with Crippen molar-refractivity contribution in [1.82, 2.24) is 9.38 Å². The lowest BCUT2D eigenvalue weighted by molar-refractivity contribution is -0.148. The Bertz CT molecular complexity index is 693. The van der Waals surface area contributed by atoms with Gasteiger partial charge in [-0.05, 0) is 25.1 Å². The Hall–Kier alpha value is -2.34. The number of hydrogen-bond donors (Lipinski definition) is 1. The van der Waals surface area contributed by atoms with Crippen molar-refractivity contribution in [2.24, 2.45) is 5.73 Å². The maximum Gasteiger partial charge on any atom is 0.331 e. The van der Waals surface area contributed by atoms with Crippen LogP contribution in [0.25, 0.3) is 11.7 Å². The number of amides is 1. The molecule has 1 amide bonds. The van der Waals surface area contributed by atoms with Crippen LogP contribution in [0.4, 0.5) is 0 Å². The third-order valence-electron chi connectivity index (χ3n) is 2.59. The number of hydrogen-bond acceptors (Lipinski definition) is 4. The van der Waals surface area contributed by atoms with Gasteiger partial charge in [-0.25, -0.2) is 9.78 Å². The lowest BCUT2D eigenvalue weighted by Gasteiger charge is -2.06. The molecule has 0 spiro atoms. The quantitative estimate of drug-likeness (QED) is 0.682. The number of esters is 1. The molecule has 2 aromatic heterocycles. The van der Waals surface area contributed by atoms with Crippen LogP contribution in [0.2, 0.25) is 5.15 Å². The normalized spacial score (nSPS) is 12.7. The number of pyridine rings is 1. The van der Waals surface area contributed by atoms with Gasteiger partial charge in [0.1, 0.15) is 5.65 Å². The average Bonchev–Trinajstić information content (AvgIpc) is 2.71. The second kappa shape index (κ2) is 5.75. The number of fused-ring (bicyclic) bond motifs is 1. The molecular weight excluding hydrogens is 282 g/mol. The summed E-state index contributed by atoms with van der Waals surface area (Å²) < 4.78 is 6.51. The summed E-state index contributed by atoms with van der Waals surface area (Å²) in [5.41, 5.74) is 6.21. The van der Waals surface area contributed by atoms with Gasteiger partial charge in [0.25, 0.3) is 5.91 Å². The van der Waals surface area contributed by atoms with Crippen LogP contribution in [0.3, 0.4) is 0 Å². The van der Waals surface area contributed by atoms with E-state index in [9.17, 15) is 9.59 Å². The largest absolute Gasteiger partial charge is 0.449 e. The molecule has 0 fully saturated rings. The summed E-state index contributed by atoms with van der Waals surface area (Å²) in [5, 5.41) is 0.267. The molecule has 0 aliphatic heterocycles. The number of halogens is 1. The van der Waals surface area contributed by atoms with Crippen molar-refractivity contribution in [2.75, 3.05) is 0 Å². The monoisotopic (exact) mass is 293 g/mol. The molecule has 1 atom stereocenters. The molecule has 0 bridgehead atoms. The summed E-state index contributed by atoms with van der Waals surface area (Å²) >= 11 is 6.00. The molecular formula is C13H12ClN3O3. The average molecular weight is 294 g/mol. The molecule has 0 unspecified atom stereocenters. The molecule has 0 aliphatic carbocycles. The Labute approximate surface area is 119 Å². The van der Waals surface area contributed by atoms with Gasteiger partial charge < -0.3 is 10.5 Å². The molecule has 104 valence electrons. The fourth-order valence-corrected chi connectivity index (χ4v) is 1.79. The maximum absolute atomic E-state index is 11.5. The first-order chi connectivity index (χ1) is 9.49. The number of ether oxygens (including phenoxy) is 1. The van der Waals surface area contributed by atoms with Gasteiger partial charge in [-0.2, -0.15) is 0 Å². The molecule has 20 heavy (non-hydrogen) atoms. The number of carbonyl (C=O) groups excluding carboxylic acids is 2. The van der Waals surface area contributed by atoms with E-state index in [1.54, 1.807) is 16.7 Å². The van der Waals surface area contributed by atoms with E-state index in [2.05, 4.69) is 4.98 Å². The van der Waals surface area contributed by atoms with Crippen LogP contribution in [-0.4, -0.2) is 27.4 Å². The Balaban J connectivity index is 2.19. The molecule has 0 radical (unpaired) electrons. The van der Waals surface area contributed by atoms with Crippen molar-refractivity contribution in [3.63, 3.8) is 0 Å². The van der Waals surface area contributed by atoms with Gasteiger partial charge in [-0.1, -0.05) is 17.7 Å². The third kappa shape index (κ3) is 2.97. The van der Waals surface area contributed by atoms with Crippen LogP contribution in [0.1, 0.15) is 12.6 Å². The summed E-state index contributed by atoms with van der Waals surface area (Å²) in [4.78, 5) is 26.4. The number of aromatic nitrogens is 2. The lowest BCUT2D eigenvalue weighted by atomic mass is 10.3. The van der Waals surface area contributed by atoms with E-state index in [0.29, 0.717) is 11.3 Å². The molecule has 2 heterocycles. The summed E-state index contributed by atoms with van der Waals surface area (Å²) in [6.07, 6.45) is 3.43. The van der Waals surface area contributed by atoms with Gasteiger partial charge in [0.15, 0.2) is 11.3 Å². The standard InChI is InChI=1S/C13H12ClN3O3/c1-8(13(15)19)20-11(18)6-5-9-12(14)16-10-4-2-3-7-17(9)10/h2-8H,1H3,(H2,15,19)/b6-5+/t8-/m1/s1. The molecule has 2 aromatic rings. The Kier molecular flexibility index (Phi) is 4.05. The maximum atomic E-state index is 11.5. The van der Waals surface area contributed by atoms with E-state index in [4.69, 9.17) is 22.1 Å². The fraction of sp³-hybridized carbons (Fsp3) is 0.154. The summed E-state index contributed by atoms with van der Waals surface area (Å²) in [5.74, 6) is -1.39. The SMILES string of the molecule is C[C@@H](OC(=O)/C=C/c1c(Cl)nc2ccccn12)C(N)=O. The van der Waals surface area contributed by atoms with E-state index < -0.39 is 18.0 Å². The molecule has 0 saturated carbocycles. The predicted octanol–water partition coefficient (Wildman–Crippen LogP) is 1.42. The van der Waals surface area contributed by atoms with Crippen LogP contribution < -0.4 is 5.73 Å². The Morgan fingerprint density at radius 1 is 1.50 bits per heavy atom. The van der Waals surface area contributed by atoms with Crippen molar-refractivity contribution in [1.29, 1.82) is 0 Å². The molecule has 2 rings (SSSR count). The topological polar surface area (TPSA) is 86.7 Å². The highest BCUT2D eigenvalue weighted by molar-refractivity contribution is 6.31. The summed E-state index contributed by atoms with van der Waals surface area (Å²) in [6.45, 7) is 1.40. The van der Waals surface area contributed by atoms with Crippen molar-refractivity contribution in [3.8, 4) is 0 Å². The molecule has 7 heteroatoms. The number of nitrogens with zero attached hydrogens (tertiary/aromatic N) is 2. The smallest absolute Gasteiger partial charge is 0.331 e. The highest BCUT2D eigenvalue weighted by Gasteiger charge is 2.13. The van der Waals surface area contributed by atoms with Crippen LogP contribution in [0.15, 0.2) is 30.5 Å². The summed E-state index contributed by atoms with van der Waals surface area (Å²) in [7, 11) is 0. The minimum Gasteiger partial charge on any atom is -0.449 e.